The zero-order valence-corrected chi connectivity index (χ0v) is 14.8. The molecule has 142 valence electrons. The molecule has 0 fully saturated rings. The minimum absolute atomic E-state index is 0.0696. The van der Waals surface area contributed by atoms with Crippen LogP contribution < -0.4 is 16.4 Å². The minimum Gasteiger partial charge on any atom is -0.462 e. The Balaban J connectivity index is 2.32. The molecule has 0 aliphatic carbocycles. The highest BCUT2D eigenvalue weighted by molar-refractivity contribution is 5.99. The van der Waals surface area contributed by atoms with Crippen molar-refractivity contribution in [2.45, 2.75) is 13.8 Å². The van der Waals surface area contributed by atoms with Crippen molar-refractivity contribution in [3.05, 3.63) is 63.4 Å². The monoisotopic (exact) mass is 373 g/mol. The van der Waals surface area contributed by atoms with Gasteiger partial charge in [0.25, 0.3) is 11.5 Å². The molecular weight excluding hydrogens is 354 g/mol. The van der Waals surface area contributed by atoms with Gasteiger partial charge in [-0.2, -0.15) is 0 Å². The number of benzene rings is 1. The number of nitrogens with one attached hydrogen (secondary N) is 3. The zero-order valence-electron chi connectivity index (χ0n) is 14.8. The molecule has 2 rings (SSSR count). The van der Waals surface area contributed by atoms with E-state index in [9.17, 15) is 19.2 Å². The first-order valence-electron chi connectivity index (χ1n) is 8.20. The number of aromatic amines is 1. The predicted octanol–water partition coefficient (Wildman–Crippen LogP) is 1.49. The van der Waals surface area contributed by atoms with Crippen molar-refractivity contribution in [1.82, 2.24) is 10.4 Å². The molecular formula is C18H19N3O6. The summed E-state index contributed by atoms with van der Waals surface area (Å²) in [6, 6.07) is 9.39. The standard InChI is InChI=1S/C18H19N3O6/c1-3-26-17(24)12-10-13(18(25)27-4-2)16(23)19-14(12)20-21-15(22)11-8-6-5-7-9-11/h5-10H,3-4H2,1-2H3,(H,21,22)(H2,19,20,23). The van der Waals surface area contributed by atoms with E-state index in [1.54, 1.807) is 44.2 Å². The van der Waals surface area contributed by atoms with Crippen molar-refractivity contribution in [2.75, 3.05) is 18.6 Å². The van der Waals surface area contributed by atoms with Crippen LogP contribution in [-0.4, -0.2) is 36.0 Å². The summed E-state index contributed by atoms with van der Waals surface area (Å²) in [6.45, 7) is 3.36. The molecule has 0 aliphatic heterocycles. The molecule has 0 atom stereocenters. The molecule has 0 saturated heterocycles. The fraction of sp³-hybridized carbons (Fsp3) is 0.222. The van der Waals surface area contributed by atoms with Gasteiger partial charge in [-0.25, -0.2) is 9.59 Å². The summed E-state index contributed by atoms with van der Waals surface area (Å²) in [5.74, 6) is -2.25. The maximum absolute atomic E-state index is 12.2. The number of hydrogen-bond acceptors (Lipinski definition) is 7. The number of esters is 2. The van der Waals surface area contributed by atoms with Crippen molar-refractivity contribution < 1.29 is 23.9 Å². The number of hydrazine groups is 1. The second-order valence-corrected chi connectivity index (χ2v) is 5.19. The van der Waals surface area contributed by atoms with Gasteiger partial charge in [0.2, 0.25) is 0 Å². The SMILES string of the molecule is CCOC(=O)c1cc(C(=O)OCC)c(=O)[nH]c1NNC(=O)c1ccccc1. The average molecular weight is 373 g/mol. The summed E-state index contributed by atoms with van der Waals surface area (Å²) in [5, 5.41) is 0. The van der Waals surface area contributed by atoms with Crippen LogP contribution in [0.2, 0.25) is 0 Å². The van der Waals surface area contributed by atoms with Crippen molar-refractivity contribution >= 4 is 23.7 Å². The Labute approximate surface area is 154 Å². The minimum atomic E-state index is -0.871. The number of carbonyl (C=O) groups is 3. The number of H-pyrrole nitrogens is 1. The largest absolute Gasteiger partial charge is 0.462 e. The van der Waals surface area contributed by atoms with E-state index in [0.29, 0.717) is 5.56 Å². The number of aromatic nitrogens is 1. The maximum atomic E-state index is 12.2. The Hall–Kier alpha value is -3.62. The number of hydrogen-bond donors (Lipinski definition) is 3. The summed E-state index contributed by atoms with van der Waals surface area (Å²) in [6.07, 6.45) is 0. The number of anilines is 1. The quantitative estimate of drug-likeness (QED) is 0.496. The van der Waals surface area contributed by atoms with Gasteiger partial charge in [-0.1, -0.05) is 18.2 Å². The van der Waals surface area contributed by atoms with Crippen molar-refractivity contribution in [3.63, 3.8) is 0 Å². The molecule has 0 bridgehead atoms. The van der Waals surface area contributed by atoms with Gasteiger partial charge in [-0.3, -0.25) is 20.4 Å². The average Bonchev–Trinajstić information content (AvgIpc) is 2.67. The van der Waals surface area contributed by atoms with E-state index in [2.05, 4.69) is 15.8 Å². The molecule has 1 amide bonds. The third-order valence-electron chi connectivity index (χ3n) is 3.37. The number of pyridine rings is 1. The van der Waals surface area contributed by atoms with E-state index >= 15 is 0 Å². The summed E-state index contributed by atoms with van der Waals surface area (Å²) in [5.41, 5.74) is 3.96. The molecule has 0 unspecified atom stereocenters. The molecule has 0 aliphatic rings. The lowest BCUT2D eigenvalue weighted by Gasteiger charge is -2.13. The van der Waals surface area contributed by atoms with E-state index in [4.69, 9.17) is 9.47 Å². The fourth-order valence-electron chi connectivity index (χ4n) is 2.14. The molecule has 2 aromatic rings. The van der Waals surface area contributed by atoms with Gasteiger partial charge in [0.1, 0.15) is 16.9 Å². The van der Waals surface area contributed by atoms with Crippen LogP contribution >= 0.6 is 0 Å². The molecule has 27 heavy (non-hydrogen) atoms. The molecule has 1 heterocycles. The topological polar surface area (TPSA) is 127 Å². The van der Waals surface area contributed by atoms with Crippen LogP contribution in [0.1, 0.15) is 44.9 Å². The first-order chi connectivity index (χ1) is 13.0. The zero-order chi connectivity index (χ0) is 19.8. The Kier molecular flexibility index (Phi) is 6.70. The molecule has 1 aromatic heterocycles. The van der Waals surface area contributed by atoms with Crippen LogP contribution in [0, 0.1) is 0 Å². The first-order valence-corrected chi connectivity index (χ1v) is 8.20. The first kappa shape index (κ1) is 19.7. The van der Waals surface area contributed by atoms with Crippen LogP contribution in [0.3, 0.4) is 0 Å². The number of amides is 1. The fourth-order valence-corrected chi connectivity index (χ4v) is 2.14. The number of ether oxygens (including phenoxy) is 2. The van der Waals surface area contributed by atoms with Gasteiger partial charge in [0, 0.05) is 5.56 Å². The molecule has 9 heteroatoms. The Morgan fingerprint density at radius 1 is 0.963 bits per heavy atom. The molecule has 1 aromatic carbocycles. The highest BCUT2D eigenvalue weighted by Gasteiger charge is 2.21. The predicted molar refractivity (Wildman–Crippen MR) is 96.5 cm³/mol. The summed E-state index contributed by atoms with van der Waals surface area (Å²) in [4.78, 5) is 50.7. The Bertz CT molecular complexity index is 892. The summed E-state index contributed by atoms with van der Waals surface area (Å²) < 4.78 is 9.73. The van der Waals surface area contributed by atoms with Gasteiger partial charge in [-0.15, -0.1) is 0 Å². The smallest absolute Gasteiger partial charge is 0.343 e. The van der Waals surface area contributed by atoms with Gasteiger partial charge in [-0.05, 0) is 32.0 Å². The molecule has 0 spiro atoms. The number of rotatable bonds is 7. The van der Waals surface area contributed by atoms with E-state index in [0.717, 1.165) is 6.07 Å². The van der Waals surface area contributed by atoms with Crippen LogP contribution in [0.5, 0.6) is 0 Å². The lowest BCUT2D eigenvalue weighted by Crippen LogP contribution is -2.33. The van der Waals surface area contributed by atoms with Crippen LogP contribution in [0.25, 0.3) is 0 Å². The Morgan fingerprint density at radius 2 is 1.56 bits per heavy atom. The van der Waals surface area contributed by atoms with Gasteiger partial charge < -0.3 is 14.5 Å². The van der Waals surface area contributed by atoms with Crippen molar-refractivity contribution in [3.8, 4) is 0 Å². The Morgan fingerprint density at radius 3 is 2.15 bits per heavy atom. The number of carbonyl (C=O) groups excluding carboxylic acids is 3. The molecule has 0 saturated carbocycles. The highest BCUT2D eigenvalue weighted by atomic mass is 16.5. The molecule has 3 N–H and O–H groups in total. The lowest BCUT2D eigenvalue weighted by molar-refractivity contribution is 0.0523. The maximum Gasteiger partial charge on any atom is 0.343 e. The van der Waals surface area contributed by atoms with Gasteiger partial charge in [0.15, 0.2) is 0 Å². The van der Waals surface area contributed by atoms with E-state index < -0.39 is 23.4 Å². The molecule has 0 radical (unpaired) electrons. The van der Waals surface area contributed by atoms with E-state index in [1.807, 2.05) is 0 Å². The third kappa shape index (κ3) is 4.94. The second kappa shape index (κ2) is 9.18. The van der Waals surface area contributed by atoms with Crippen molar-refractivity contribution in [2.24, 2.45) is 0 Å². The summed E-state index contributed by atoms with van der Waals surface area (Å²) >= 11 is 0. The lowest BCUT2D eigenvalue weighted by atomic mass is 10.2. The van der Waals surface area contributed by atoms with Crippen LogP contribution in [0.4, 0.5) is 5.82 Å². The second-order valence-electron chi connectivity index (χ2n) is 5.19. The van der Waals surface area contributed by atoms with Crippen LogP contribution in [0.15, 0.2) is 41.2 Å². The molecule has 9 nitrogen and oxygen atoms in total. The van der Waals surface area contributed by atoms with Gasteiger partial charge >= 0.3 is 11.9 Å². The normalized spacial score (nSPS) is 10.0. The summed E-state index contributed by atoms with van der Waals surface area (Å²) in [7, 11) is 0. The van der Waals surface area contributed by atoms with E-state index in [1.165, 1.54) is 0 Å². The van der Waals surface area contributed by atoms with Gasteiger partial charge in [0.05, 0.1) is 13.2 Å². The van der Waals surface area contributed by atoms with Crippen molar-refractivity contribution in [1.29, 1.82) is 0 Å². The van der Waals surface area contributed by atoms with E-state index in [-0.39, 0.29) is 30.2 Å². The highest BCUT2D eigenvalue weighted by Crippen LogP contribution is 2.14. The third-order valence-corrected chi connectivity index (χ3v) is 3.37. The van der Waals surface area contributed by atoms with Crippen LogP contribution in [-0.2, 0) is 9.47 Å².